The molecule has 0 aromatic heterocycles. The second-order valence-corrected chi connectivity index (χ2v) is 5.71. The number of aliphatic imine (C=N–C) groups is 1. The lowest BCUT2D eigenvalue weighted by Crippen LogP contribution is -1.94. The van der Waals surface area contributed by atoms with Crippen molar-refractivity contribution in [2.45, 2.75) is 6.61 Å². The Kier molecular flexibility index (Phi) is 4.09. The minimum atomic E-state index is 0.246. The third-order valence-electron chi connectivity index (χ3n) is 4.07. The second-order valence-electron chi connectivity index (χ2n) is 5.71. The van der Waals surface area contributed by atoms with E-state index in [1.165, 1.54) is 10.8 Å². The molecule has 0 bridgehead atoms. The van der Waals surface area contributed by atoms with E-state index >= 15 is 0 Å². The number of nitrogens with zero attached hydrogens (tertiary/aromatic N) is 1. The number of fused-ring (bicyclic) bond motifs is 2. The van der Waals surface area contributed by atoms with Crippen molar-refractivity contribution < 1.29 is 14.2 Å². The fourth-order valence-electron chi connectivity index (χ4n) is 2.82. The molecule has 4 rings (SSSR count). The number of hydrogen-bond donors (Lipinski definition) is 0. The minimum absolute atomic E-state index is 0.246. The predicted molar refractivity (Wildman–Crippen MR) is 98.8 cm³/mol. The van der Waals surface area contributed by atoms with Crippen LogP contribution in [0.15, 0.2) is 71.9 Å². The van der Waals surface area contributed by atoms with Crippen molar-refractivity contribution in [2.24, 2.45) is 4.99 Å². The lowest BCUT2D eigenvalue weighted by Gasteiger charge is -2.11. The highest BCUT2D eigenvalue weighted by Crippen LogP contribution is 2.35. The fourth-order valence-corrected chi connectivity index (χ4v) is 2.82. The first-order valence-corrected chi connectivity index (χ1v) is 8.00. The van der Waals surface area contributed by atoms with E-state index in [1.807, 2.05) is 30.3 Å². The Labute approximate surface area is 146 Å². The summed E-state index contributed by atoms with van der Waals surface area (Å²) in [7, 11) is 0. The summed E-state index contributed by atoms with van der Waals surface area (Å²) in [6, 6.07) is 20.2. The molecule has 4 heteroatoms. The maximum absolute atomic E-state index is 5.99. The zero-order chi connectivity index (χ0) is 17.1. The van der Waals surface area contributed by atoms with Crippen LogP contribution in [-0.4, -0.2) is 13.5 Å². The first kappa shape index (κ1) is 15.3. The lowest BCUT2D eigenvalue weighted by molar-refractivity contribution is 0.174. The first-order chi connectivity index (χ1) is 12.3. The van der Waals surface area contributed by atoms with Crippen LogP contribution in [0.2, 0.25) is 0 Å². The zero-order valence-electron chi connectivity index (χ0n) is 13.6. The molecule has 0 spiro atoms. The second kappa shape index (κ2) is 6.69. The monoisotopic (exact) mass is 331 g/mol. The van der Waals surface area contributed by atoms with Gasteiger partial charge in [-0.15, -0.1) is 0 Å². The molecular formula is C21H17NO3. The smallest absolute Gasteiger partial charge is 0.231 e. The molecule has 1 heterocycles. The lowest BCUT2D eigenvalue weighted by atomic mass is 10.1. The quantitative estimate of drug-likeness (QED) is 0.499. The number of hydrogen-bond acceptors (Lipinski definition) is 4. The van der Waals surface area contributed by atoms with Crippen LogP contribution in [0.4, 0.5) is 0 Å². The Balaban J connectivity index is 1.55. The highest BCUT2D eigenvalue weighted by Gasteiger charge is 2.15. The van der Waals surface area contributed by atoms with Gasteiger partial charge in [-0.3, -0.25) is 4.99 Å². The molecule has 0 fully saturated rings. The van der Waals surface area contributed by atoms with Gasteiger partial charge >= 0.3 is 0 Å². The van der Waals surface area contributed by atoms with Gasteiger partial charge in [0.05, 0.1) is 6.20 Å². The highest BCUT2D eigenvalue weighted by atomic mass is 16.7. The van der Waals surface area contributed by atoms with Gasteiger partial charge in [0.15, 0.2) is 11.5 Å². The highest BCUT2D eigenvalue weighted by molar-refractivity contribution is 5.83. The van der Waals surface area contributed by atoms with Crippen LogP contribution in [0.1, 0.15) is 11.1 Å². The largest absolute Gasteiger partial charge is 0.487 e. The molecule has 0 atom stereocenters. The van der Waals surface area contributed by atoms with E-state index < -0.39 is 0 Å². The number of benzene rings is 3. The standard InChI is InChI=1S/C21H17NO3/c1-22-12-21(18-8-9-19-20(11-18)25-14-24-19)23-13-15-6-7-16-4-2-3-5-17(16)10-15/h2-12H,1,13-14H2/b21-12-. The summed E-state index contributed by atoms with van der Waals surface area (Å²) >= 11 is 0. The first-order valence-electron chi connectivity index (χ1n) is 8.00. The summed E-state index contributed by atoms with van der Waals surface area (Å²) in [5.74, 6) is 2.09. The maximum atomic E-state index is 5.99. The molecule has 3 aromatic carbocycles. The molecule has 0 N–H and O–H groups in total. The van der Waals surface area contributed by atoms with Gasteiger partial charge in [-0.1, -0.05) is 36.4 Å². The van der Waals surface area contributed by atoms with Crippen molar-refractivity contribution in [3.05, 3.63) is 78.0 Å². The molecule has 0 saturated heterocycles. The number of ether oxygens (including phenoxy) is 3. The van der Waals surface area contributed by atoms with Crippen LogP contribution in [0.3, 0.4) is 0 Å². The van der Waals surface area contributed by atoms with Crippen molar-refractivity contribution in [1.29, 1.82) is 0 Å². The van der Waals surface area contributed by atoms with E-state index in [9.17, 15) is 0 Å². The Morgan fingerprint density at radius 3 is 2.72 bits per heavy atom. The van der Waals surface area contributed by atoms with E-state index in [2.05, 4.69) is 42.0 Å². The number of rotatable bonds is 5. The van der Waals surface area contributed by atoms with E-state index in [4.69, 9.17) is 14.2 Å². The van der Waals surface area contributed by atoms with E-state index in [0.29, 0.717) is 18.1 Å². The Morgan fingerprint density at radius 1 is 1.00 bits per heavy atom. The van der Waals surface area contributed by atoms with Gasteiger partial charge in [0.25, 0.3) is 0 Å². The van der Waals surface area contributed by atoms with Gasteiger partial charge < -0.3 is 14.2 Å². The van der Waals surface area contributed by atoms with Crippen LogP contribution < -0.4 is 9.47 Å². The molecule has 0 unspecified atom stereocenters. The molecule has 3 aromatic rings. The van der Waals surface area contributed by atoms with Crippen molar-refractivity contribution in [1.82, 2.24) is 0 Å². The zero-order valence-corrected chi connectivity index (χ0v) is 13.6. The topological polar surface area (TPSA) is 40.0 Å². The van der Waals surface area contributed by atoms with Gasteiger partial charge in [-0.2, -0.15) is 0 Å². The summed E-state index contributed by atoms with van der Waals surface area (Å²) in [5.41, 5.74) is 1.96. The average Bonchev–Trinajstić information content (AvgIpc) is 3.12. The van der Waals surface area contributed by atoms with E-state index in [1.54, 1.807) is 6.20 Å². The molecular weight excluding hydrogens is 314 g/mol. The predicted octanol–water partition coefficient (Wildman–Crippen LogP) is 4.78. The van der Waals surface area contributed by atoms with Crippen LogP contribution in [-0.2, 0) is 11.3 Å². The molecule has 0 aliphatic carbocycles. The summed E-state index contributed by atoms with van der Waals surface area (Å²) in [4.78, 5) is 3.86. The Morgan fingerprint density at radius 2 is 1.84 bits per heavy atom. The van der Waals surface area contributed by atoms with Gasteiger partial charge in [0, 0.05) is 5.56 Å². The van der Waals surface area contributed by atoms with Crippen LogP contribution in [0.5, 0.6) is 11.5 Å². The molecule has 4 nitrogen and oxygen atoms in total. The SMILES string of the molecule is C=N/C=C(\OCc1ccc2ccccc2c1)c1ccc2c(c1)OCO2. The Bertz CT molecular complexity index is 962. The van der Waals surface area contributed by atoms with Crippen molar-refractivity contribution in [3.8, 4) is 11.5 Å². The molecule has 1 aliphatic heterocycles. The van der Waals surface area contributed by atoms with Gasteiger partial charge in [0.2, 0.25) is 6.79 Å². The summed E-state index contributed by atoms with van der Waals surface area (Å²) < 4.78 is 16.8. The molecule has 25 heavy (non-hydrogen) atoms. The molecule has 0 amide bonds. The molecule has 1 aliphatic rings. The fraction of sp³-hybridized carbons (Fsp3) is 0.0952. The van der Waals surface area contributed by atoms with E-state index in [0.717, 1.165) is 16.9 Å². The normalized spacial score (nSPS) is 13.0. The van der Waals surface area contributed by atoms with E-state index in [-0.39, 0.29) is 6.79 Å². The van der Waals surface area contributed by atoms with Crippen LogP contribution >= 0.6 is 0 Å². The minimum Gasteiger partial charge on any atom is -0.487 e. The van der Waals surface area contributed by atoms with Crippen molar-refractivity contribution in [3.63, 3.8) is 0 Å². The van der Waals surface area contributed by atoms with Gasteiger partial charge in [-0.25, -0.2) is 0 Å². The van der Waals surface area contributed by atoms with Crippen molar-refractivity contribution in [2.75, 3.05) is 6.79 Å². The molecule has 0 saturated carbocycles. The summed E-state index contributed by atoms with van der Waals surface area (Å²) in [6.07, 6.45) is 1.61. The van der Waals surface area contributed by atoms with Crippen molar-refractivity contribution >= 4 is 23.2 Å². The maximum Gasteiger partial charge on any atom is 0.231 e. The molecule has 0 radical (unpaired) electrons. The summed E-state index contributed by atoms with van der Waals surface area (Å²) in [5, 5.41) is 2.41. The average molecular weight is 331 g/mol. The van der Waals surface area contributed by atoms with Crippen LogP contribution in [0, 0.1) is 0 Å². The van der Waals surface area contributed by atoms with Gasteiger partial charge in [0.1, 0.15) is 12.4 Å². The molecule has 124 valence electrons. The van der Waals surface area contributed by atoms with Gasteiger partial charge in [-0.05, 0) is 47.3 Å². The third-order valence-corrected chi connectivity index (χ3v) is 4.07. The van der Waals surface area contributed by atoms with Crippen LogP contribution in [0.25, 0.3) is 16.5 Å². The Hall–Kier alpha value is -3.27. The summed E-state index contributed by atoms with van der Waals surface area (Å²) in [6.45, 7) is 4.22. The third kappa shape index (κ3) is 3.19.